The zero-order valence-corrected chi connectivity index (χ0v) is 8.50. The normalized spacial score (nSPS) is 6.50. The van der Waals surface area contributed by atoms with Crippen molar-refractivity contribution in [1.82, 2.24) is 4.90 Å². The first-order valence-corrected chi connectivity index (χ1v) is 3.62. The smallest absolute Gasteiger partial charge is 0.209 e. The van der Waals surface area contributed by atoms with E-state index in [0.717, 1.165) is 6.41 Å². The molecule has 0 aromatic heterocycles. The van der Waals surface area contributed by atoms with E-state index in [-0.39, 0.29) is 12.4 Å². The predicted octanol–water partition coefficient (Wildman–Crippen LogP) is 0.298. The van der Waals surface area contributed by atoms with Gasteiger partial charge in [0.05, 0.1) is 0 Å². The lowest BCUT2D eigenvalue weighted by Gasteiger charge is -1.93. The Morgan fingerprint density at radius 2 is 1.50 bits per heavy atom. The molecular weight excluding hydrogens is 158 g/mol. The van der Waals surface area contributed by atoms with Crippen LogP contribution >= 0.6 is 0 Å². The minimum Gasteiger partial charge on any atom is -0.397 e. The van der Waals surface area contributed by atoms with Gasteiger partial charge in [0.2, 0.25) is 6.41 Å². The van der Waals surface area contributed by atoms with Gasteiger partial charge in [-0.1, -0.05) is 0 Å². The van der Waals surface area contributed by atoms with Gasteiger partial charge in [-0.2, -0.15) is 0 Å². The molecule has 0 rings (SSSR count). The molecule has 0 unspecified atom stereocenters. The number of amides is 1. The molecule has 0 aromatic rings. The molecule has 0 radical (unpaired) electrons. The van der Waals surface area contributed by atoms with E-state index in [9.17, 15) is 9.59 Å². The van der Waals surface area contributed by atoms with E-state index in [4.69, 9.17) is 5.11 Å². The Morgan fingerprint density at radius 3 is 1.50 bits per heavy atom. The van der Waals surface area contributed by atoms with Gasteiger partial charge in [-0.15, -0.1) is 0 Å². The molecule has 74 valence electrons. The Balaban J connectivity index is -0.000000105. The number of hydrogen-bond donors (Lipinski definition) is 1. The minimum absolute atomic E-state index is 0.167. The monoisotopic (exact) mass is 177 g/mol. The quantitative estimate of drug-likeness (QED) is 0.586. The molecule has 4 nitrogen and oxygen atoms in total. The lowest BCUT2D eigenvalue weighted by molar-refractivity contribution is -0.116. The van der Waals surface area contributed by atoms with Crippen LogP contribution in [0.15, 0.2) is 0 Å². The minimum atomic E-state index is 0.167. The van der Waals surface area contributed by atoms with Gasteiger partial charge >= 0.3 is 0 Å². The summed E-state index contributed by atoms with van der Waals surface area (Å²) >= 11 is 0. The summed E-state index contributed by atoms with van der Waals surface area (Å²) in [4.78, 5) is 20.3. The van der Waals surface area contributed by atoms with Crippen LogP contribution in [-0.2, 0) is 9.59 Å². The summed E-state index contributed by atoms with van der Waals surface area (Å²) < 4.78 is 0. The van der Waals surface area contributed by atoms with Crippen LogP contribution in [0.25, 0.3) is 0 Å². The summed E-state index contributed by atoms with van der Waals surface area (Å²) in [7, 11) is 3.38. The maximum atomic E-state index is 9.44. The SMILES string of the molecule is CC(C)=O.CCO.CN(C)C=O. The summed E-state index contributed by atoms with van der Waals surface area (Å²) in [6.45, 7) is 4.99. The van der Waals surface area contributed by atoms with Gasteiger partial charge in [-0.3, -0.25) is 4.79 Å². The molecule has 0 heterocycles. The van der Waals surface area contributed by atoms with Gasteiger partial charge in [0, 0.05) is 20.7 Å². The zero-order chi connectivity index (χ0) is 10.6. The topological polar surface area (TPSA) is 57.6 Å². The first-order chi connectivity index (χ1) is 5.42. The second kappa shape index (κ2) is 16.6. The Hall–Kier alpha value is -0.900. The van der Waals surface area contributed by atoms with Gasteiger partial charge < -0.3 is 14.8 Å². The fraction of sp³-hybridized carbons (Fsp3) is 0.750. The first-order valence-electron chi connectivity index (χ1n) is 3.62. The van der Waals surface area contributed by atoms with E-state index in [1.807, 2.05) is 0 Å². The Bertz CT molecular complexity index is 98.5. The van der Waals surface area contributed by atoms with Crippen molar-refractivity contribution in [3.8, 4) is 0 Å². The van der Waals surface area contributed by atoms with Crippen molar-refractivity contribution in [2.75, 3.05) is 20.7 Å². The van der Waals surface area contributed by atoms with E-state index in [1.54, 1.807) is 21.0 Å². The van der Waals surface area contributed by atoms with Gasteiger partial charge in [0.25, 0.3) is 0 Å². The zero-order valence-electron chi connectivity index (χ0n) is 8.50. The van der Waals surface area contributed by atoms with E-state index >= 15 is 0 Å². The third kappa shape index (κ3) is 493. The standard InChI is InChI=1S/C3H7NO.C3H6O.C2H6O/c1-4(2)3-5;1-3(2)4;1-2-3/h3H,1-2H3;1-2H3;3H,2H2,1H3. The maximum absolute atomic E-state index is 9.44. The molecule has 0 saturated heterocycles. The molecule has 0 saturated carbocycles. The van der Waals surface area contributed by atoms with Gasteiger partial charge in [-0.05, 0) is 20.8 Å². The number of hydrogen-bond acceptors (Lipinski definition) is 3. The van der Waals surface area contributed by atoms with Crippen molar-refractivity contribution >= 4 is 12.2 Å². The average Bonchev–Trinajstić information content (AvgIpc) is 1.88. The highest BCUT2D eigenvalue weighted by molar-refractivity contribution is 5.72. The largest absolute Gasteiger partial charge is 0.397 e. The highest BCUT2D eigenvalue weighted by Gasteiger charge is 1.68. The summed E-state index contributed by atoms with van der Waals surface area (Å²) in [5.74, 6) is 0.167. The molecule has 12 heavy (non-hydrogen) atoms. The maximum Gasteiger partial charge on any atom is 0.209 e. The van der Waals surface area contributed by atoms with Crippen molar-refractivity contribution in [3.63, 3.8) is 0 Å². The summed E-state index contributed by atoms with van der Waals surface area (Å²) in [6, 6.07) is 0. The van der Waals surface area contributed by atoms with Crippen LogP contribution in [0.3, 0.4) is 0 Å². The number of nitrogens with zero attached hydrogens (tertiary/aromatic N) is 1. The molecule has 0 aromatic carbocycles. The van der Waals surface area contributed by atoms with Crippen molar-refractivity contribution < 1.29 is 14.7 Å². The number of carbonyl (C=O) groups excluding carboxylic acids is 2. The van der Waals surface area contributed by atoms with E-state index in [0.29, 0.717) is 0 Å². The molecule has 0 bridgehead atoms. The number of Topliss-reactive ketones (excluding diaryl/α,β-unsaturated/α-hetero) is 1. The highest BCUT2D eigenvalue weighted by atomic mass is 16.2. The van der Waals surface area contributed by atoms with Crippen LogP contribution < -0.4 is 0 Å². The number of carbonyl (C=O) groups is 2. The van der Waals surface area contributed by atoms with Crippen LogP contribution in [-0.4, -0.2) is 42.9 Å². The summed E-state index contributed by atoms with van der Waals surface area (Å²) in [6.07, 6.45) is 0.750. The Labute approximate surface area is 74.2 Å². The van der Waals surface area contributed by atoms with Crippen molar-refractivity contribution in [3.05, 3.63) is 0 Å². The third-order valence-corrected chi connectivity index (χ3v) is 0.211. The average molecular weight is 177 g/mol. The molecule has 4 heteroatoms. The number of aliphatic hydroxyl groups excluding tert-OH is 1. The Kier molecular flexibility index (Phi) is 23.9. The fourth-order valence-electron chi connectivity index (χ4n) is 0. The van der Waals surface area contributed by atoms with Crippen molar-refractivity contribution in [2.45, 2.75) is 20.8 Å². The van der Waals surface area contributed by atoms with Crippen LogP contribution in [0.5, 0.6) is 0 Å². The van der Waals surface area contributed by atoms with E-state index in [2.05, 4.69) is 0 Å². The molecule has 0 spiro atoms. The van der Waals surface area contributed by atoms with E-state index < -0.39 is 0 Å². The Morgan fingerprint density at radius 1 is 1.42 bits per heavy atom. The molecule has 1 amide bonds. The second-order valence-corrected chi connectivity index (χ2v) is 2.29. The molecule has 1 N–H and O–H groups in total. The molecule has 0 aliphatic carbocycles. The van der Waals surface area contributed by atoms with Crippen LogP contribution in [0, 0.1) is 0 Å². The predicted molar refractivity (Wildman–Crippen MR) is 48.9 cm³/mol. The summed E-state index contributed by atoms with van der Waals surface area (Å²) in [5, 5.41) is 7.57. The lowest BCUT2D eigenvalue weighted by atomic mass is 10.6. The molecule has 0 aliphatic heterocycles. The van der Waals surface area contributed by atoms with Gasteiger partial charge in [-0.25, -0.2) is 0 Å². The van der Waals surface area contributed by atoms with Crippen LogP contribution in [0.2, 0.25) is 0 Å². The number of ketones is 1. The van der Waals surface area contributed by atoms with E-state index in [1.165, 1.54) is 18.7 Å². The molecule has 0 aliphatic rings. The molecule has 0 fully saturated rings. The molecular formula is C8H19NO3. The van der Waals surface area contributed by atoms with Crippen molar-refractivity contribution in [1.29, 1.82) is 0 Å². The lowest BCUT2D eigenvalue weighted by Crippen LogP contribution is -2.06. The fourth-order valence-corrected chi connectivity index (χ4v) is 0. The number of aliphatic hydroxyl groups is 1. The summed E-state index contributed by atoms with van der Waals surface area (Å²) in [5.41, 5.74) is 0. The molecule has 0 atom stereocenters. The van der Waals surface area contributed by atoms with Crippen LogP contribution in [0.1, 0.15) is 20.8 Å². The van der Waals surface area contributed by atoms with Gasteiger partial charge in [0.1, 0.15) is 5.78 Å². The van der Waals surface area contributed by atoms with Crippen molar-refractivity contribution in [2.24, 2.45) is 0 Å². The first kappa shape index (κ1) is 17.3. The second-order valence-electron chi connectivity index (χ2n) is 2.29. The third-order valence-electron chi connectivity index (χ3n) is 0.211. The van der Waals surface area contributed by atoms with Gasteiger partial charge in [0.15, 0.2) is 0 Å². The van der Waals surface area contributed by atoms with Crippen LogP contribution in [0.4, 0.5) is 0 Å². The highest BCUT2D eigenvalue weighted by Crippen LogP contribution is 1.52. The number of rotatable bonds is 1.